The van der Waals surface area contributed by atoms with Gasteiger partial charge in [-0.15, -0.1) is 0 Å². The van der Waals surface area contributed by atoms with E-state index in [2.05, 4.69) is 0 Å². The third-order valence-corrected chi connectivity index (χ3v) is 2.03. The summed E-state index contributed by atoms with van der Waals surface area (Å²) in [5.41, 5.74) is 0. The SMILES string of the molecule is CCCC(OC)C(F)(F)C(C)C. The normalized spacial score (nSPS) is 15.2. The number of ether oxygens (including phenoxy) is 1. The van der Waals surface area contributed by atoms with Crippen LogP contribution in [0.2, 0.25) is 0 Å². The number of hydrogen-bond donors (Lipinski definition) is 0. The Bertz CT molecular complexity index is 124. The molecule has 0 saturated carbocycles. The molecule has 0 aromatic heterocycles. The lowest BCUT2D eigenvalue weighted by atomic mass is 9.97. The van der Waals surface area contributed by atoms with Crippen LogP contribution in [0.15, 0.2) is 0 Å². The van der Waals surface area contributed by atoms with Crippen LogP contribution in [0.4, 0.5) is 8.78 Å². The first-order chi connectivity index (χ1) is 5.46. The van der Waals surface area contributed by atoms with Crippen LogP contribution in [0.1, 0.15) is 33.6 Å². The van der Waals surface area contributed by atoms with Crippen molar-refractivity contribution in [3.8, 4) is 0 Å². The standard InChI is InChI=1S/C9H18F2O/c1-5-6-8(12-4)9(10,11)7(2)3/h7-8H,5-6H2,1-4H3. The van der Waals surface area contributed by atoms with E-state index in [0.717, 1.165) is 6.42 Å². The van der Waals surface area contributed by atoms with E-state index >= 15 is 0 Å². The summed E-state index contributed by atoms with van der Waals surface area (Å²) in [6, 6.07) is 0. The zero-order valence-corrected chi connectivity index (χ0v) is 8.23. The van der Waals surface area contributed by atoms with Gasteiger partial charge in [0.15, 0.2) is 0 Å². The van der Waals surface area contributed by atoms with Gasteiger partial charge in [-0.2, -0.15) is 0 Å². The van der Waals surface area contributed by atoms with Gasteiger partial charge in [0, 0.05) is 13.0 Å². The van der Waals surface area contributed by atoms with Gasteiger partial charge in [0.05, 0.1) is 0 Å². The maximum atomic E-state index is 13.3. The number of hydrogen-bond acceptors (Lipinski definition) is 1. The first kappa shape index (κ1) is 11.8. The average Bonchev–Trinajstić information content (AvgIpc) is 1.99. The van der Waals surface area contributed by atoms with Gasteiger partial charge in [0.1, 0.15) is 6.10 Å². The first-order valence-corrected chi connectivity index (χ1v) is 4.37. The third-order valence-electron chi connectivity index (χ3n) is 2.03. The highest BCUT2D eigenvalue weighted by atomic mass is 19.3. The molecule has 74 valence electrons. The molecule has 3 heteroatoms. The molecule has 0 amide bonds. The van der Waals surface area contributed by atoms with E-state index in [9.17, 15) is 8.78 Å². The van der Waals surface area contributed by atoms with Crippen molar-refractivity contribution < 1.29 is 13.5 Å². The second-order valence-electron chi connectivity index (χ2n) is 3.34. The van der Waals surface area contributed by atoms with Crippen LogP contribution in [0.3, 0.4) is 0 Å². The Hall–Kier alpha value is -0.180. The van der Waals surface area contributed by atoms with Crippen LogP contribution in [0, 0.1) is 5.92 Å². The van der Waals surface area contributed by atoms with Crippen LogP contribution in [-0.2, 0) is 4.74 Å². The number of alkyl halides is 2. The second-order valence-corrected chi connectivity index (χ2v) is 3.34. The van der Waals surface area contributed by atoms with Crippen molar-refractivity contribution in [1.29, 1.82) is 0 Å². The highest BCUT2D eigenvalue weighted by Gasteiger charge is 2.42. The lowest BCUT2D eigenvalue weighted by molar-refractivity contribution is -0.154. The van der Waals surface area contributed by atoms with Crippen LogP contribution >= 0.6 is 0 Å². The van der Waals surface area contributed by atoms with E-state index < -0.39 is 17.9 Å². The summed E-state index contributed by atoms with van der Waals surface area (Å²) in [5.74, 6) is -3.36. The van der Waals surface area contributed by atoms with Crippen LogP contribution < -0.4 is 0 Å². The maximum Gasteiger partial charge on any atom is 0.275 e. The van der Waals surface area contributed by atoms with Gasteiger partial charge in [0.2, 0.25) is 0 Å². The Kier molecular flexibility index (Phi) is 4.68. The van der Waals surface area contributed by atoms with E-state index in [4.69, 9.17) is 4.74 Å². The number of rotatable bonds is 5. The van der Waals surface area contributed by atoms with Crippen LogP contribution in [-0.4, -0.2) is 19.1 Å². The summed E-state index contributed by atoms with van der Waals surface area (Å²) in [4.78, 5) is 0. The Morgan fingerprint density at radius 2 is 1.83 bits per heavy atom. The monoisotopic (exact) mass is 180 g/mol. The summed E-state index contributed by atoms with van der Waals surface area (Å²) in [6.45, 7) is 4.91. The molecule has 0 aliphatic rings. The summed E-state index contributed by atoms with van der Waals surface area (Å²) >= 11 is 0. The molecule has 0 spiro atoms. The van der Waals surface area contributed by atoms with Gasteiger partial charge in [-0.05, 0) is 6.42 Å². The highest BCUT2D eigenvalue weighted by molar-refractivity contribution is 4.80. The Labute approximate surface area is 73.1 Å². The van der Waals surface area contributed by atoms with E-state index in [-0.39, 0.29) is 0 Å². The van der Waals surface area contributed by atoms with Crippen molar-refractivity contribution in [2.45, 2.75) is 45.6 Å². The minimum absolute atomic E-state index is 0.418. The molecular weight excluding hydrogens is 162 g/mol. The number of methoxy groups -OCH3 is 1. The minimum atomic E-state index is -2.70. The van der Waals surface area contributed by atoms with E-state index in [1.807, 2.05) is 6.92 Å². The maximum absolute atomic E-state index is 13.3. The molecule has 0 aliphatic carbocycles. The summed E-state index contributed by atoms with van der Waals surface area (Å²) < 4.78 is 31.3. The molecule has 0 aromatic rings. The molecule has 0 aliphatic heterocycles. The Morgan fingerprint density at radius 1 is 1.33 bits per heavy atom. The minimum Gasteiger partial charge on any atom is -0.375 e. The molecule has 0 aromatic carbocycles. The quantitative estimate of drug-likeness (QED) is 0.631. The lowest BCUT2D eigenvalue weighted by Gasteiger charge is -2.28. The van der Waals surface area contributed by atoms with Gasteiger partial charge in [0.25, 0.3) is 5.92 Å². The molecule has 1 nitrogen and oxygen atoms in total. The highest BCUT2D eigenvalue weighted by Crippen LogP contribution is 2.31. The van der Waals surface area contributed by atoms with Crippen molar-refractivity contribution in [3.05, 3.63) is 0 Å². The summed E-state index contributed by atoms with van der Waals surface area (Å²) in [7, 11) is 1.34. The van der Waals surface area contributed by atoms with E-state index in [1.165, 1.54) is 21.0 Å². The van der Waals surface area contributed by atoms with Gasteiger partial charge < -0.3 is 4.74 Å². The smallest absolute Gasteiger partial charge is 0.275 e. The van der Waals surface area contributed by atoms with E-state index in [0.29, 0.717) is 6.42 Å². The predicted octanol–water partition coefficient (Wildman–Crippen LogP) is 3.09. The van der Waals surface area contributed by atoms with Crippen molar-refractivity contribution in [1.82, 2.24) is 0 Å². The third kappa shape index (κ3) is 2.70. The fourth-order valence-electron chi connectivity index (χ4n) is 1.10. The van der Waals surface area contributed by atoms with Gasteiger partial charge in [-0.3, -0.25) is 0 Å². The largest absolute Gasteiger partial charge is 0.375 e. The summed E-state index contributed by atoms with van der Waals surface area (Å²) in [6.07, 6.45) is 0.213. The molecule has 0 saturated heterocycles. The zero-order valence-electron chi connectivity index (χ0n) is 8.23. The van der Waals surface area contributed by atoms with Crippen molar-refractivity contribution in [2.75, 3.05) is 7.11 Å². The molecule has 1 unspecified atom stereocenters. The molecule has 0 bridgehead atoms. The Balaban J connectivity index is 4.25. The van der Waals surface area contributed by atoms with Gasteiger partial charge in [-0.1, -0.05) is 27.2 Å². The summed E-state index contributed by atoms with van der Waals surface area (Å²) in [5, 5.41) is 0. The van der Waals surface area contributed by atoms with Crippen LogP contribution in [0.25, 0.3) is 0 Å². The molecule has 0 rings (SSSR count). The lowest BCUT2D eigenvalue weighted by Crippen LogP contribution is -2.39. The van der Waals surface area contributed by atoms with Crippen molar-refractivity contribution in [3.63, 3.8) is 0 Å². The molecular formula is C9H18F2O. The fraction of sp³-hybridized carbons (Fsp3) is 1.00. The molecule has 1 atom stereocenters. The predicted molar refractivity (Wildman–Crippen MR) is 45.5 cm³/mol. The molecule has 0 fully saturated rings. The fourth-order valence-corrected chi connectivity index (χ4v) is 1.10. The molecule has 0 radical (unpaired) electrons. The molecule has 0 N–H and O–H groups in total. The topological polar surface area (TPSA) is 9.23 Å². The Morgan fingerprint density at radius 3 is 2.08 bits per heavy atom. The molecule has 0 heterocycles. The zero-order chi connectivity index (χ0) is 9.78. The van der Waals surface area contributed by atoms with Crippen molar-refractivity contribution in [2.24, 2.45) is 5.92 Å². The number of halogens is 2. The average molecular weight is 180 g/mol. The molecule has 12 heavy (non-hydrogen) atoms. The second kappa shape index (κ2) is 4.75. The van der Waals surface area contributed by atoms with Gasteiger partial charge >= 0.3 is 0 Å². The van der Waals surface area contributed by atoms with Crippen LogP contribution in [0.5, 0.6) is 0 Å². The first-order valence-electron chi connectivity index (χ1n) is 4.37. The van der Waals surface area contributed by atoms with Crippen molar-refractivity contribution >= 4 is 0 Å². The van der Waals surface area contributed by atoms with E-state index in [1.54, 1.807) is 0 Å². The van der Waals surface area contributed by atoms with Gasteiger partial charge in [-0.25, -0.2) is 8.78 Å².